The van der Waals surface area contributed by atoms with E-state index < -0.39 is 32.9 Å². The molecule has 2 atom stereocenters. The third kappa shape index (κ3) is 6.92. The lowest BCUT2D eigenvalue weighted by Gasteiger charge is -2.30. The molecule has 1 aliphatic rings. The number of nitrogens with one attached hydrogen (secondary N) is 3. The average Bonchev–Trinajstić information content (AvgIpc) is 2.88. The lowest BCUT2D eigenvalue weighted by molar-refractivity contribution is -0.134. The van der Waals surface area contributed by atoms with Crippen molar-refractivity contribution in [2.75, 3.05) is 26.8 Å². The molecule has 1 fully saturated rings. The van der Waals surface area contributed by atoms with Crippen molar-refractivity contribution in [2.45, 2.75) is 29.0 Å². The van der Waals surface area contributed by atoms with Gasteiger partial charge in [-0.05, 0) is 67.3 Å². The first-order valence-electron chi connectivity index (χ1n) is 11.0. The number of carbonyl (C=O) groups is 2. The fraction of sp³-hybridized carbons (Fsp3) is 0.391. The molecule has 10 nitrogen and oxygen atoms in total. The van der Waals surface area contributed by atoms with Gasteiger partial charge in [-0.15, -0.1) is 0 Å². The Morgan fingerprint density at radius 3 is 2.17 bits per heavy atom. The van der Waals surface area contributed by atoms with Crippen molar-refractivity contribution in [3.05, 3.63) is 53.6 Å². The van der Waals surface area contributed by atoms with Crippen molar-refractivity contribution in [3.8, 4) is 11.5 Å². The van der Waals surface area contributed by atoms with Crippen molar-refractivity contribution in [2.24, 2.45) is 5.92 Å². The van der Waals surface area contributed by atoms with Crippen LogP contribution >= 0.6 is 11.6 Å². The Morgan fingerprint density at radius 1 is 1.06 bits per heavy atom. The van der Waals surface area contributed by atoms with Crippen LogP contribution in [-0.2, 0) is 24.2 Å². The number of sulfone groups is 1. The molecule has 2 aromatic carbocycles. The predicted molar refractivity (Wildman–Crippen MR) is 128 cm³/mol. The van der Waals surface area contributed by atoms with Gasteiger partial charge in [-0.25, -0.2) is 13.9 Å². The fourth-order valence-electron chi connectivity index (χ4n) is 3.83. The van der Waals surface area contributed by atoms with Crippen molar-refractivity contribution < 1.29 is 32.7 Å². The summed E-state index contributed by atoms with van der Waals surface area (Å²) in [7, 11) is -2.80. The van der Waals surface area contributed by atoms with Crippen LogP contribution in [0.3, 0.4) is 0 Å². The zero-order valence-corrected chi connectivity index (χ0v) is 20.6. The summed E-state index contributed by atoms with van der Waals surface area (Å²) in [5, 5.41) is 13.5. The summed E-state index contributed by atoms with van der Waals surface area (Å²) in [5.41, 5.74) is 1.62. The Morgan fingerprint density at radius 2 is 1.63 bits per heavy atom. The second-order valence-corrected chi connectivity index (χ2v) is 10.6. The van der Waals surface area contributed by atoms with Crippen LogP contribution < -0.4 is 20.9 Å². The standard InChI is InChI=1S/C23H28ClN3O7S/c1-25-22(28)20(14-26-21(23(29)27-30)15-10-12-33-13-11-15)35(31,32)19-8-6-18(7-9-19)34-17-4-2-16(24)3-5-17/h2-9,15,20-21,26,30H,10-14H2,1H3,(H,25,28)(H,27,29)/t20?,21-/m1/s1. The summed E-state index contributed by atoms with van der Waals surface area (Å²) < 4.78 is 37.7. The topological polar surface area (TPSA) is 143 Å². The zero-order valence-electron chi connectivity index (χ0n) is 19.1. The fourth-order valence-corrected chi connectivity index (χ4v) is 5.52. The van der Waals surface area contributed by atoms with Crippen LogP contribution in [0.2, 0.25) is 5.02 Å². The molecule has 3 rings (SSSR count). The lowest BCUT2D eigenvalue weighted by atomic mass is 9.91. The Kier molecular flexibility index (Phi) is 9.47. The summed E-state index contributed by atoms with van der Waals surface area (Å²) in [6.45, 7) is 0.562. The second-order valence-electron chi connectivity index (χ2n) is 7.99. The minimum absolute atomic E-state index is 0.0782. The molecule has 0 aromatic heterocycles. The molecule has 1 saturated heterocycles. The van der Waals surface area contributed by atoms with Gasteiger partial charge in [0.25, 0.3) is 5.91 Å². The van der Waals surface area contributed by atoms with Crippen LogP contribution in [-0.4, -0.2) is 63.5 Å². The SMILES string of the molecule is CNC(=O)C(CN[C@@H](C(=O)NO)C1CCOCC1)S(=O)(=O)c1ccc(Oc2ccc(Cl)cc2)cc1. The number of amides is 2. The van der Waals surface area contributed by atoms with E-state index in [1.165, 1.54) is 31.3 Å². The first kappa shape index (κ1) is 26.9. The number of benzene rings is 2. The van der Waals surface area contributed by atoms with E-state index in [1.807, 2.05) is 0 Å². The minimum Gasteiger partial charge on any atom is -0.457 e. The van der Waals surface area contributed by atoms with Crippen molar-refractivity contribution in [3.63, 3.8) is 0 Å². The van der Waals surface area contributed by atoms with E-state index in [0.29, 0.717) is 42.6 Å². The molecule has 1 aliphatic heterocycles. The van der Waals surface area contributed by atoms with Crippen LogP contribution in [0.5, 0.6) is 11.5 Å². The van der Waals surface area contributed by atoms with E-state index in [1.54, 1.807) is 29.7 Å². The van der Waals surface area contributed by atoms with Crippen LogP contribution in [0, 0.1) is 5.92 Å². The lowest BCUT2D eigenvalue weighted by Crippen LogP contribution is -2.54. The van der Waals surface area contributed by atoms with Gasteiger partial charge in [0.15, 0.2) is 15.1 Å². The normalized spacial score (nSPS) is 16.2. The van der Waals surface area contributed by atoms with Gasteiger partial charge in [0, 0.05) is 31.8 Å². The van der Waals surface area contributed by atoms with Gasteiger partial charge < -0.3 is 20.1 Å². The molecule has 0 aliphatic carbocycles. The number of halogens is 1. The summed E-state index contributed by atoms with van der Waals surface area (Å²) in [6, 6.07) is 11.5. The van der Waals surface area contributed by atoms with E-state index in [4.69, 9.17) is 26.3 Å². The van der Waals surface area contributed by atoms with Crippen LogP contribution in [0.15, 0.2) is 53.4 Å². The third-order valence-electron chi connectivity index (χ3n) is 5.77. The quantitative estimate of drug-likeness (QED) is 0.272. The summed E-state index contributed by atoms with van der Waals surface area (Å²) in [5.74, 6) is -0.685. The molecule has 2 amide bonds. The minimum atomic E-state index is -4.13. The summed E-state index contributed by atoms with van der Waals surface area (Å²) >= 11 is 5.87. The maximum Gasteiger partial charge on any atom is 0.260 e. The van der Waals surface area contributed by atoms with Gasteiger partial charge in [-0.2, -0.15) is 0 Å². The highest BCUT2D eigenvalue weighted by atomic mass is 35.5. The van der Waals surface area contributed by atoms with Crippen molar-refractivity contribution in [1.82, 2.24) is 16.1 Å². The van der Waals surface area contributed by atoms with Gasteiger partial charge >= 0.3 is 0 Å². The Bertz CT molecular complexity index is 1100. The Hall–Kier alpha value is -2.70. The van der Waals surface area contributed by atoms with Crippen LogP contribution in [0.25, 0.3) is 0 Å². The van der Waals surface area contributed by atoms with Crippen LogP contribution in [0.1, 0.15) is 12.8 Å². The number of ether oxygens (including phenoxy) is 2. The predicted octanol–water partition coefficient (Wildman–Crippen LogP) is 1.91. The molecule has 0 saturated carbocycles. The highest BCUT2D eigenvalue weighted by Crippen LogP contribution is 2.26. The molecule has 0 radical (unpaired) electrons. The molecular formula is C23H28ClN3O7S. The van der Waals surface area contributed by atoms with Gasteiger partial charge in [0.05, 0.1) is 10.9 Å². The number of hydrogen-bond donors (Lipinski definition) is 4. The average molecular weight is 526 g/mol. The van der Waals surface area contributed by atoms with E-state index in [0.717, 1.165) is 0 Å². The Labute approximate surface area is 208 Å². The zero-order chi connectivity index (χ0) is 25.4. The highest BCUT2D eigenvalue weighted by Gasteiger charge is 2.36. The van der Waals surface area contributed by atoms with Gasteiger partial charge in [0.1, 0.15) is 11.5 Å². The second kappa shape index (κ2) is 12.3. The molecule has 12 heteroatoms. The van der Waals surface area contributed by atoms with Gasteiger partial charge in [-0.3, -0.25) is 14.8 Å². The highest BCUT2D eigenvalue weighted by molar-refractivity contribution is 7.92. The monoisotopic (exact) mass is 525 g/mol. The number of hydrogen-bond acceptors (Lipinski definition) is 8. The smallest absolute Gasteiger partial charge is 0.260 e. The van der Waals surface area contributed by atoms with Gasteiger partial charge in [-0.1, -0.05) is 11.6 Å². The molecule has 1 unspecified atom stereocenters. The molecule has 0 spiro atoms. The molecular weight excluding hydrogens is 498 g/mol. The molecule has 4 N–H and O–H groups in total. The Balaban J connectivity index is 1.77. The molecule has 1 heterocycles. The van der Waals surface area contributed by atoms with E-state index in [9.17, 15) is 18.0 Å². The van der Waals surface area contributed by atoms with Crippen molar-refractivity contribution >= 4 is 33.3 Å². The number of hydroxylamine groups is 1. The number of carbonyl (C=O) groups excluding carboxylic acids is 2. The van der Waals surface area contributed by atoms with E-state index in [-0.39, 0.29) is 17.4 Å². The largest absolute Gasteiger partial charge is 0.457 e. The summed E-state index contributed by atoms with van der Waals surface area (Å²) in [4.78, 5) is 24.7. The molecule has 190 valence electrons. The maximum absolute atomic E-state index is 13.3. The molecule has 2 aromatic rings. The number of rotatable bonds is 10. The van der Waals surface area contributed by atoms with Gasteiger partial charge in [0.2, 0.25) is 5.91 Å². The van der Waals surface area contributed by atoms with Crippen LogP contribution in [0.4, 0.5) is 0 Å². The molecule has 35 heavy (non-hydrogen) atoms. The summed E-state index contributed by atoms with van der Waals surface area (Å²) in [6.07, 6.45) is 1.11. The van der Waals surface area contributed by atoms with E-state index >= 15 is 0 Å². The molecule has 0 bridgehead atoms. The van der Waals surface area contributed by atoms with Crippen molar-refractivity contribution in [1.29, 1.82) is 0 Å². The first-order valence-corrected chi connectivity index (χ1v) is 12.9. The third-order valence-corrected chi connectivity index (χ3v) is 8.08. The van der Waals surface area contributed by atoms with E-state index in [2.05, 4.69) is 10.6 Å². The maximum atomic E-state index is 13.3. The first-order chi connectivity index (χ1) is 16.8.